The van der Waals surface area contributed by atoms with Crippen LogP contribution in [0.2, 0.25) is 5.02 Å². The van der Waals surface area contributed by atoms with Crippen molar-refractivity contribution in [2.75, 3.05) is 11.1 Å². The average molecular weight is 358 g/mol. The molecule has 5 nitrogen and oxygen atoms in total. The van der Waals surface area contributed by atoms with Gasteiger partial charge >= 0.3 is 0 Å². The van der Waals surface area contributed by atoms with Crippen LogP contribution >= 0.6 is 27.5 Å². The number of nitrogens with one attached hydrogen (secondary N) is 1. The first-order valence-corrected chi connectivity index (χ1v) is 7.24. The van der Waals surface area contributed by atoms with E-state index in [2.05, 4.69) is 26.3 Å². The first-order valence-electron chi connectivity index (χ1n) is 6.07. The Balaban J connectivity index is 1.82. The Bertz CT molecular complexity index is 614. The van der Waals surface area contributed by atoms with Gasteiger partial charge in [0.1, 0.15) is 0 Å². The van der Waals surface area contributed by atoms with Gasteiger partial charge in [0.25, 0.3) is 0 Å². The lowest BCUT2D eigenvalue weighted by Crippen LogP contribution is -2.13. The van der Waals surface area contributed by atoms with Crippen molar-refractivity contribution in [3.8, 4) is 0 Å². The molecule has 0 unspecified atom stereocenters. The van der Waals surface area contributed by atoms with Crippen LogP contribution in [0.5, 0.6) is 0 Å². The van der Waals surface area contributed by atoms with Crippen molar-refractivity contribution < 1.29 is 4.79 Å². The van der Waals surface area contributed by atoms with Crippen LogP contribution in [0, 0.1) is 0 Å². The minimum absolute atomic E-state index is 0.0924. The Kier molecular flexibility index (Phi) is 5.03. The minimum atomic E-state index is -0.0924. The van der Waals surface area contributed by atoms with Gasteiger partial charge in [-0.1, -0.05) is 11.6 Å². The Morgan fingerprint density at radius 1 is 1.50 bits per heavy atom. The molecule has 0 bridgehead atoms. The smallest absolute Gasteiger partial charge is 0.224 e. The summed E-state index contributed by atoms with van der Waals surface area (Å²) in [5, 5.41) is 7.42. The Morgan fingerprint density at radius 2 is 2.30 bits per heavy atom. The molecule has 20 heavy (non-hydrogen) atoms. The fourth-order valence-electron chi connectivity index (χ4n) is 1.71. The molecule has 3 N–H and O–H groups in total. The van der Waals surface area contributed by atoms with Gasteiger partial charge in [-0.05, 0) is 40.5 Å². The molecule has 0 fully saturated rings. The standard InChI is InChI=1S/C13H14BrClN4O/c14-9-7-17-19(8-9)5-1-2-13(20)18-12-6-10(15)3-4-11(12)16/h3-4,6-8H,1-2,5,16H2,(H,18,20). The lowest BCUT2D eigenvalue weighted by atomic mass is 10.2. The highest BCUT2D eigenvalue weighted by Gasteiger charge is 2.06. The van der Waals surface area contributed by atoms with Gasteiger partial charge in [0.2, 0.25) is 5.91 Å². The van der Waals surface area contributed by atoms with Crippen molar-refractivity contribution >= 4 is 44.8 Å². The summed E-state index contributed by atoms with van der Waals surface area (Å²) >= 11 is 9.19. The van der Waals surface area contributed by atoms with E-state index in [4.69, 9.17) is 17.3 Å². The van der Waals surface area contributed by atoms with E-state index < -0.39 is 0 Å². The van der Waals surface area contributed by atoms with Crippen LogP contribution < -0.4 is 11.1 Å². The predicted octanol–water partition coefficient (Wildman–Crippen LogP) is 3.30. The maximum absolute atomic E-state index is 11.8. The number of carbonyl (C=O) groups excluding carboxylic acids is 1. The van der Waals surface area contributed by atoms with Gasteiger partial charge in [0.15, 0.2) is 0 Å². The third-order valence-electron chi connectivity index (χ3n) is 2.68. The van der Waals surface area contributed by atoms with Crippen molar-refractivity contribution in [1.82, 2.24) is 9.78 Å². The topological polar surface area (TPSA) is 72.9 Å². The molecule has 0 saturated heterocycles. The van der Waals surface area contributed by atoms with Crippen LogP contribution in [-0.2, 0) is 11.3 Å². The minimum Gasteiger partial charge on any atom is -0.397 e. The van der Waals surface area contributed by atoms with Crippen molar-refractivity contribution in [3.63, 3.8) is 0 Å². The van der Waals surface area contributed by atoms with Crippen LogP contribution in [0.4, 0.5) is 11.4 Å². The number of aromatic nitrogens is 2. The molecule has 2 aromatic rings. The molecule has 106 valence electrons. The zero-order valence-corrected chi connectivity index (χ0v) is 13.0. The average Bonchev–Trinajstić information content (AvgIpc) is 2.80. The molecule has 0 aliphatic heterocycles. The summed E-state index contributed by atoms with van der Waals surface area (Å²) in [6.45, 7) is 0.685. The third kappa shape index (κ3) is 4.25. The van der Waals surface area contributed by atoms with E-state index in [0.717, 1.165) is 4.47 Å². The zero-order valence-electron chi connectivity index (χ0n) is 10.6. The number of anilines is 2. The van der Waals surface area contributed by atoms with Gasteiger partial charge in [-0.3, -0.25) is 9.48 Å². The predicted molar refractivity (Wildman–Crippen MR) is 83.7 cm³/mol. The molecule has 0 saturated carbocycles. The first-order chi connectivity index (χ1) is 9.54. The fourth-order valence-corrected chi connectivity index (χ4v) is 2.21. The summed E-state index contributed by atoms with van der Waals surface area (Å²) in [4.78, 5) is 11.8. The van der Waals surface area contributed by atoms with Crippen molar-refractivity contribution in [2.24, 2.45) is 0 Å². The number of hydrogen-bond donors (Lipinski definition) is 2. The summed E-state index contributed by atoms with van der Waals surface area (Å²) in [5.74, 6) is -0.0924. The monoisotopic (exact) mass is 356 g/mol. The second kappa shape index (κ2) is 6.76. The number of nitrogens with two attached hydrogens (primary N) is 1. The molecule has 1 amide bonds. The highest BCUT2D eigenvalue weighted by molar-refractivity contribution is 9.10. The molecule has 7 heteroatoms. The van der Waals surface area contributed by atoms with Crippen LogP contribution in [-0.4, -0.2) is 15.7 Å². The number of nitrogens with zero attached hydrogens (tertiary/aromatic N) is 2. The first kappa shape index (κ1) is 14.9. The van der Waals surface area contributed by atoms with Gasteiger partial charge < -0.3 is 11.1 Å². The molecular weight excluding hydrogens is 344 g/mol. The SMILES string of the molecule is Nc1ccc(Cl)cc1NC(=O)CCCn1cc(Br)cn1. The molecule has 1 heterocycles. The largest absolute Gasteiger partial charge is 0.397 e. The number of halogens is 2. The fraction of sp³-hybridized carbons (Fsp3) is 0.231. The maximum atomic E-state index is 11.8. The molecule has 0 radical (unpaired) electrons. The summed E-state index contributed by atoms with van der Waals surface area (Å²) in [5.41, 5.74) is 6.81. The third-order valence-corrected chi connectivity index (χ3v) is 3.33. The lowest BCUT2D eigenvalue weighted by molar-refractivity contribution is -0.116. The molecule has 1 aromatic carbocycles. The summed E-state index contributed by atoms with van der Waals surface area (Å²) < 4.78 is 2.71. The molecule has 0 aliphatic carbocycles. The van der Waals surface area contributed by atoms with Crippen LogP contribution in [0.15, 0.2) is 35.1 Å². The van der Waals surface area contributed by atoms with E-state index in [9.17, 15) is 4.79 Å². The van der Waals surface area contributed by atoms with Crippen LogP contribution in [0.3, 0.4) is 0 Å². The molecule has 2 rings (SSSR count). The second-order valence-corrected chi connectivity index (χ2v) is 5.66. The number of nitrogen functional groups attached to an aromatic ring is 1. The van der Waals surface area contributed by atoms with E-state index in [1.54, 1.807) is 29.1 Å². The van der Waals surface area contributed by atoms with Crippen molar-refractivity contribution in [2.45, 2.75) is 19.4 Å². The van der Waals surface area contributed by atoms with E-state index in [-0.39, 0.29) is 5.91 Å². The lowest BCUT2D eigenvalue weighted by Gasteiger charge is -2.08. The summed E-state index contributed by atoms with van der Waals surface area (Å²) in [6, 6.07) is 4.99. The van der Waals surface area contributed by atoms with E-state index >= 15 is 0 Å². The van der Waals surface area contributed by atoms with E-state index in [0.29, 0.717) is 35.8 Å². The number of carbonyl (C=O) groups is 1. The Labute approximate surface area is 130 Å². The van der Waals surface area contributed by atoms with Crippen molar-refractivity contribution in [3.05, 3.63) is 40.1 Å². The number of amides is 1. The molecule has 0 spiro atoms. The normalized spacial score (nSPS) is 10.5. The molecular formula is C13H14BrClN4O. The van der Waals surface area contributed by atoms with Gasteiger partial charge in [-0.2, -0.15) is 5.10 Å². The zero-order chi connectivity index (χ0) is 14.5. The molecule has 0 aliphatic rings. The maximum Gasteiger partial charge on any atom is 0.224 e. The molecule has 1 aromatic heterocycles. The van der Waals surface area contributed by atoms with Crippen LogP contribution in [0.25, 0.3) is 0 Å². The molecule has 0 atom stereocenters. The van der Waals surface area contributed by atoms with Gasteiger partial charge in [0.05, 0.1) is 22.0 Å². The highest BCUT2D eigenvalue weighted by Crippen LogP contribution is 2.23. The number of rotatable bonds is 5. The number of aryl methyl sites for hydroxylation is 1. The van der Waals surface area contributed by atoms with Gasteiger partial charge in [-0.25, -0.2) is 0 Å². The summed E-state index contributed by atoms with van der Waals surface area (Å²) in [7, 11) is 0. The Hall–Kier alpha value is -1.53. The van der Waals surface area contributed by atoms with Gasteiger partial charge in [0, 0.05) is 24.2 Å². The van der Waals surface area contributed by atoms with Crippen LogP contribution in [0.1, 0.15) is 12.8 Å². The highest BCUT2D eigenvalue weighted by atomic mass is 79.9. The number of hydrogen-bond acceptors (Lipinski definition) is 3. The number of benzene rings is 1. The van der Waals surface area contributed by atoms with Gasteiger partial charge in [-0.15, -0.1) is 0 Å². The summed E-state index contributed by atoms with van der Waals surface area (Å²) in [6.07, 6.45) is 4.67. The van der Waals surface area contributed by atoms with Crippen molar-refractivity contribution in [1.29, 1.82) is 0 Å². The Morgan fingerprint density at radius 3 is 3.00 bits per heavy atom. The van der Waals surface area contributed by atoms with E-state index in [1.807, 2.05) is 6.20 Å². The quantitative estimate of drug-likeness (QED) is 0.806. The van der Waals surface area contributed by atoms with E-state index in [1.165, 1.54) is 0 Å². The second-order valence-electron chi connectivity index (χ2n) is 4.30.